The first-order chi connectivity index (χ1) is 14.2. The molecule has 1 N–H and O–H groups in total. The number of carbonyl (C=O) groups excluding carboxylic acids is 3. The minimum atomic E-state index is -3.15. The molecule has 2 aliphatic rings. The topological polar surface area (TPSA) is 104 Å². The third kappa shape index (κ3) is 5.38. The summed E-state index contributed by atoms with van der Waals surface area (Å²) in [5.41, 5.74) is 1.07. The fraction of sp³-hybridized carbons (Fsp3) is 0.571. The normalized spacial score (nSPS) is 23.1. The van der Waals surface area contributed by atoms with E-state index < -0.39 is 39.8 Å². The van der Waals surface area contributed by atoms with Gasteiger partial charge in [0.05, 0.1) is 11.5 Å². The van der Waals surface area contributed by atoms with Crippen molar-refractivity contribution < 1.29 is 22.8 Å². The fourth-order valence-corrected chi connectivity index (χ4v) is 5.70. The lowest BCUT2D eigenvalue weighted by Crippen LogP contribution is -2.49. The molecule has 2 unspecified atom stereocenters. The number of hydrogen-bond acceptors (Lipinski definition) is 5. The lowest BCUT2D eigenvalue weighted by molar-refractivity contribution is -0.139. The molecule has 2 aliphatic heterocycles. The average Bonchev–Trinajstić information content (AvgIpc) is 3.18. The molecule has 3 rings (SSSR count). The van der Waals surface area contributed by atoms with Gasteiger partial charge < -0.3 is 10.2 Å². The summed E-state index contributed by atoms with van der Waals surface area (Å²) in [6, 6.07) is 8.04. The lowest BCUT2D eigenvalue weighted by Gasteiger charge is -2.31. The van der Waals surface area contributed by atoms with Crippen LogP contribution in [-0.4, -0.2) is 72.7 Å². The minimum absolute atomic E-state index is 0.0598. The molecule has 1 aromatic carbocycles. The van der Waals surface area contributed by atoms with Gasteiger partial charge in [0, 0.05) is 12.6 Å². The second kappa shape index (κ2) is 9.16. The molecule has 2 atom stereocenters. The van der Waals surface area contributed by atoms with Crippen LogP contribution >= 0.6 is 0 Å². The van der Waals surface area contributed by atoms with Crippen molar-refractivity contribution in [3.05, 3.63) is 35.9 Å². The number of nitrogens with one attached hydrogen (secondary N) is 1. The van der Waals surface area contributed by atoms with Crippen molar-refractivity contribution in [3.8, 4) is 0 Å². The summed E-state index contributed by atoms with van der Waals surface area (Å²) in [5, 5.41) is 2.66. The molecule has 0 saturated carbocycles. The highest BCUT2D eigenvalue weighted by Crippen LogP contribution is 2.20. The van der Waals surface area contributed by atoms with Crippen LogP contribution in [0.15, 0.2) is 30.3 Å². The van der Waals surface area contributed by atoms with Crippen LogP contribution in [0.3, 0.4) is 0 Å². The van der Waals surface area contributed by atoms with Gasteiger partial charge in [-0.2, -0.15) is 0 Å². The molecule has 2 fully saturated rings. The molecule has 1 aromatic rings. The zero-order chi connectivity index (χ0) is 21.9. The quantitative estimate of drug-likeness (QED) is 0.618. The first-order valence-corrected chi connectivity index (χ1v) is 12.1. The van der Waals surface area contributed by atoms with E-state index in [2.05, 4.69) is 5.32 Å². The van der Waals surface area contributed by atoms with Gasteiger partial charge in [0.25, 0.3) is 5.91 Å². The van der Waals surface area contributed by atoms with Crippen molar-refractivity contribution in [2.45, 2.75) is 45.2 Å². The third-order valence-electron chi connectivity index (χ3n) is 5.50. The van der Waals surface area contributed by atoms with Gasteiger partial charge in [-0.15, -0.1) is 0 Å². The molecule has 0 radical (unpaired) electrons. The number of hydrogen-bond donors (Lipinski definition) is 1. The molecule has 0 spiro atoms. The Morgan fingerprint density at radius 1 is 1.23 bits per heavy atom. The second-order valence-electron chi connectivity index (χ2n) is 8.45. The number of aryl methyl sites for hydroxylation is 1. The highest BCUT2D eigenvalue weighted by atomic mass is 32.2. The Balaban J connectivity index is 1.63. The maximum Gasteiger partial charge on any atom is 0.325 e. The van der Waals surface area contributed by atoms with E-state index in [0.717, 1.165) is 10.5 Å². The van der Waals surface area contributed by atoms with E-state index in [1.165, 1.54) is 4.90 Å². The predicted octanol–water partition coefficient (Wildman–Crippen LogP) is 1.21. The molecule has 30 heavy (non-hydrogen) atoms. The van der Waals surface area contributed by atoms with Gasteiger partial charge in [0.2, 0.25) is 5.91 Å². The number of rotatable bonds is 8. The Bertz CT molecular complexity index is 900. The zero-order valence-electron chi connectivity index (χ0n) is 17.4. The van der Waals surface area contributed by atoms with E-state index in [9.17, 15) is 22.8 Å². The van der Waals surface area contributed by atoms with E-state index >= 15 is 0 Å². The Hall–Kier alpha value is -2.42. The van der Waals surface area contributed by atoms with E-state index in [4.69, 9.17) is 0 Å². The maximum absolute atomic E-state index is 13.0. The van der Waals surface area contributed by atoms with E-state index in [-0.39, 0.29) is 24.0 Å². The number of nitrogens with zero attached hydrogens (tertiary/aromatic N) is 2. The summed E-state index contributed by atoms with van der Waals surface area (Å²) in [4.78, 5) is 40.5. The van der Waals surface area contributed by atoms with Crippen molar-refractivity contribution in [1.82, 2.24) is 15.1 Å². The van der Waals surface area contributed by atoms with Gasteiger partial charge in [-0.05, 0) is 30.7 Å². The molecule has 4 amide bonds. The molecule has 8 nitrogen and oxygen atoms in total. The summed E-state index contributed by atoms with van der Waals surface area (Å²) in [6.45, 7) is 3.91. The third-order valence-corrected chi connectivity index (χ3v) is 7.25. The Labute approximate surface area is 177 Å². The first-order valence-electron chi connectivity index (χ1n) is 10.3. The lowest BCUT2D eigenvalue weighted by atomic mass is 10.1. The zero-order valence-corrected chi connectivity index (χ0v) is 18.2. The number of benzene rings is 1. The summed E-state index contributed by atoms with van der Waals surface area (Å²) in [5.74, 6) is -0.667. The molecule has 0 bridgehead atoms. The van der Waals surface area contributed by atoms with Crippen molar-refractivity contribution in [3.63, 3.8) is 0 Å². The van der Waals surface area contributed by atoms with Crippen molar-refractivity contribution in [2.75, 3.05) is 24.6 Å². The van der Waals surface area contributed by atoms with Crippen molar-refractivity contribution in [2.24, 2.45) is 5.92 Å². The van der Waals surface area contributed by atoms with Crippen LogP contribution in [0.2, 0.25) is 0 Å². The summed E-state index contributed by atoms with van der Waals surface area (Å²) in [6.07, 6.45) is 1.48. The second-order valence-corrected chi connectivity index (χ2v) is 10.7. The molecular formula is C21H29N3O5S. The molecular weight excluding hydrogens is 406 g/mol. The van der Waals surface area contributed by atoms with Crippen LogP contribution in [-0.2, 0) is 25.8 Å². The van der Waals surface area contributed by atoms with Gasteiger partial charge in [0.15, 0.2) is 9.84 Å². The van der Waals surface area contributed by atoms with Crippen LogP contribution in [0.4, 0.5) is 4.79 Å². The summed E-state index contributed by atoms with van der Waals surface area (Å²) in [7, 11) is -3.15. The van der Waals surface area contributed by atoms with Crippen LogP contribution in [0.1, 0.15) is 32.3 Å². The first kappa shape index (κ1) is 22.3. The van der Waals surface area contributed by atoms with Gasteiger partial charge in [-0.1, -0.05) is 44.2 Å². The maximum atomic E-state index is 13.0. The number of sulfone groups is 1. The highest BCUT2D eigenvalue weighted by molar-refractivity contribution is 7.91. The highest BCUT2D eigenvalue weighted by Gasteiger charge is 2.41. The number of amides is 4. The molecule has 2 saturated heterocycles. The van der Waals surface area contributed by atoms with Crippen LogP contribution in [0, 0.1) is 5.92 Å². The van der Waals surface area contributed by atoms with Crippen LogP contribution in [0.5, 0.6) is 0 Å². The van der Waals surface area contributed by atoms with Crippen molar-refractivity contribution >= 4 is 27.7 Å². The Kier molecular flexibility index (Phi) is 6.80. The SMILES string of the molecule is CC(C)CN(C(=O)CN1C(=O)NC(CCc2ccccc2)C1=O)C1CCS(=O)(=O)C1. The van der Waals surface area contributed by atoms with E-state index in [0.29, 0.717) is 25.8 Å². The van der Waals surface area contributed by atoms with Gasteiger partial charge in [-0.25, -0.2) is 13.2 Å². The molecule has 164 valence electrons. The molecule has 2 heterocycles. The molecule has 9 heteroatoms. The van der Waals surface area contributed by atoms with Crippen LogP contribution in [0.25, 0.3) is 0 Å². The number of urea groups is 1. The number of imide groups is 1. The average molecular weight is 436 g/mol. The minimum Gasteiger partial charge on any atom is -0.337 e. The fourth-order valence-electron chi connectivity index (χ4n) is 3.97. The van der Waals surface area contributed by atoms with E-state index in [1.807, 2.05) is 44.2 Å². The smallest absolute Gasteiger partial charge is 0.325 e. The Morgan fingerprint density at radius 3 is 2.53 bits per heavy atom. The monoisotopic (exact) mass is 435 g/mol. The van der Waals surface area contributed by atoms with Crippen molar-refractivity contribution in [1.29, 1.82) is 0 Å². The molecule has 0 aromatic heterocycles. The largest absolute Gasteiger partial charge is 0.337 e. The number of carbonyl (C=O) groups is 3. The summed E-state index contributed by atoms with van der Waals surface area (Å²) < 4.78 is 23.7. The predicted molar refractivity (Wildman–Crippen MR) is 112 cm³/mol. The van der Waals surface area contributed by atoms with Gasteiger partial charge in [0.1, 0.15) is 12.6 Å². The van der Waals surface area contributed by atoms with E-state index in [1.54, 1.807) is 0 Å². The van der Waals surface area contributed by atoms with Gasteiger partial charge >= 0.3 is 6.03 Å². The molecule has 0 aliphatic carbocycles. The Morgan fingerprint density at radius 2 is 1.93 bits per heavy atom. The van der Waals surface area contributed by atoms with Crippen LogP contribution < -0.4 is 5.32 Å². The summed E-state index contributed by atoms with van der Waals surface area (Å²) >= 11 is 0. The van der Waals surface area contributed by atoms with Gasteiger partial charge in [-0.3, -0.25) is 14.5 Å². The standard InChI is InChI=1S/C21H29N3O5S/c1-15(2)12-23(17-10-11-30(28,29)14-17)19(25)13-24-20(26)18(22-21(24)27)9-8-16-6-4-3-5-7-16/h3-7,15,17-18H,8-14H2,1-2H3,(H,22,27).